The molecule has 1 saturated carbocycles. The molecule has 2 aromatic carbocycles. The minimum Gasteiger partial charge on any atom is -0.319 e. The van der Waals surface area contributed by atoms with Gasteiger partial charge in [-0.1, -0.05) is 29.8 Å². The molecular weight excluding hydrogens is 458 g/mol. The largest absolute Gasteiger partial charge is 0.319 e. The number of sulfonamides is 1. The number of halogens is 1. The van der Waals surface area contributed by atoms with Crippen molar-refractivity contribution < 1.29 is 18.0 Å². The summed E-state index contributed by atoms with van der Waals surface area (Å²) in [7, 11) is -3.93. The highest BCUT2D eigenvalue weighted by molar-refractivity contribution is 7.90. The average Bonchev–Trinajstić information content (AvgIpc) is 3.44. The van der Waals surface area contributed by atoms with Gasteiger partial charge in [-0.15, -0.1) is 11.3 Å². The Hall–Kier alpha value is -2.75. The Morgan fingerprint density at radius 2 is 1.97 bits per heavy atom. The van der Waals surface area contributed by atoms with E-state index in [1.807, 2.05) is 23.6 Å². The van der Waals surface area contributed by atoms with Gasteiger partial charge in [0.25, 0.3) is 21.8 Å². The Morgan fingerprint density at radius 3 is 2.71 bits per heavy atom. The van der Waals surface area contributed by atoms with Crippen LogP contribution in [0.15, 0.2) is 63.9 Å². The minimum atomic E-state index is -3.93. The predicted octanol–water partition coefficient (Wildman–Crippen LogP) is 3.30. The van der Waals surface area contributed by atoms with E-state index >= 15 is 0 Å². The number of aromatic nitrogens is 1. The summed E-state index contributed by atoms with van der Waals surface area (Å²) in [4.78, 5) is 29.8. The van der Waals surface area contributed by atoms with Crippen molar-refractivity contribution in [3.05, 3.63) is 80.6 Å². The van der Waals surface area contributed by atoms with Crippen LogP contribution in [-0.2, 0) is 16.6 Å². The van der Waals surface area contributed by atoms with E-state index in [0.717, 1.165) is 9.87 Å². The standard InChI is InChI=1S/C21H16ClN3O4S2/c22-17-4-2-1-3-14(17)12-24-9-10-30-21(24)23-19(26)13-5-8-16-18(11-13)31(28,29)25(20(16)27)15-6-7-15/h1-5,8-11,15H,6-7,12H2. The number of nitrogens with zero attached hydrogens (tertiary/aromatic N) is 3. The average molecular weight is 474 g/mol. The van der Waals surface area contributed by atoms with Crippen LogP contribution in [-0.4, -0.2) is 35.1 Å². The molecule has 1 aliphatic heterocycles. The number of rotatable bonds is 4. The zero-order valence-corrected chi connectivity index (χ0v) is 18.5. The van der Waals surface area contributed by atoms with Crippen molar-refractivity contribution in [1.82, 2.24) is 8.87 Å². The van der Waals surface area contributed by atoms with Crippen molar-refractivity contribution in [1.29, 1.82) is 0 Å². The normalized spacial score (nSPS) is 17.8. The lowest BCUT2D eigenvalue weighted by molar-refractivity contribution is 0.0864. The molecule has 0 atom stereocenters. The first kappa shape index (κ1) is 20.2. The molecular formula is C21H16ClN3O4S2. The molecule has 158 valence electrons. The lowest BCUT2D eigenvalue weighted by Crippen LogP contribution is -2.31. The smallest absolute Gasteiger partial charge is 0.279 e. The third kappa shape index (κ3) is 3.52. The Bertz CT molecular complexity index is 1400. The Balaban J connectivity index is 1.48. The van der Waals surface area contributed by atoms with E-state index < -0.39 is 21.8 Å². The lowest BCUT2D eigenvalue weighted by Gasteiger charge is -2.13. The molecule has 0 unspecified atom stereocenters. The van der Waals surface area contributed by atoms with Crippen LogP contribution in [0.25, 0.3) is 0 Å². The summed E-state index contributed by atoms with van der Waals surface area (Å²) in [5, 5.41) is 2.43. The van der Waals surface area contributed by atoms with Crippen LogP contribution in [0, 0.1) is 0 Å². The van der Waals surface area contributed by atoms with Crippen LogP contribution < -0.4 is 4.80 Å². The molecule has 3 aromatic rings. The van der Waals surface area contributed by atoms with Crippen LogP contribution >= 0.6 is 22.9 Å². The van der Waals surface area contributed by atoms with E-state index in [1.54, 1.807) is 16.8 Å². The van der Waals surface area contributed by atoms with Gasteiger partial charge in [-0.25, -0.2) is 12.7 Å². The van der Waals surface area contributed by atoms with Crippen LogP contribution in [0.3, 0.4) is 0 Å². The van der Waals surface area contributed by atoms with Gasteiger partial charge in [0.2, 0.25) is 0 Å². The van der Waals surface area contributed by atoms with E-state index in [4.69, 9.17) is 11.6 Å². The zero-order chi connectivity index (χ0) is 21.8. The first-order valence-corrected chi connectivity index (χ1v) is 12.3. The molecule has 31 heavy (non-hydrogen) atoms. The third-order valence-electron chi connectivity index (χ3n) is 5.23. The fourth-order valence-electron chi connectivity index (χ4n) is 3.52. The first-order valence-electron chi connectivity index (χ1n) is 9.55. The Labute approximate surface area is 187 Å². The van der Waals surface area contributed by atoms with E-state index in [9.17, 15) is 18.0 Å². The van der Waals surface area contributed by atoms with Crippen molar-refractivity contribution in [2.75, 3.05) is 0 Å². The Kier molecular flexibility index (Phi) is 4.84. The summed E-state index contributed by atoms with van der Waals surface area (Å²) in [6.07, 6.45) is 3.15. The topological polar surface area (TPSA) is 88.8 Å². The number of benzene rings is 2. The predicted molar refractivity (Wildman–Crippen MR) is 116 cm³/mol. The summed E-state index contributed by atoms with van der Waals surface area (Å²) < 4.78 is 28.4. The van der Waals surface area contributed by atoms with Crippen molar-refractivity contribution in [2.24, 2.45) is 4.99 Å². The number of thiazole rings is 1. The number of carbonyl (C=O) groups is 2. The van der Waals surface area contributed by atoms with Gasteiger partial charge in [-0.05, 0) is 42.7 Å². The van der Waals surface area contributed by atoms with Gasteiger partial charge in [0.1, 0.15) is 4.90 Å². The molecule has 0 N–H and O–H groups in total. The number of amides is 2. The SMILES string of the molecule is O=C(N=c1sccn1Cc1ccccc1Cl)c1ccc2c(c1)S(=O)(=O)N(C1CC1)C2=O. The maximum atomic E-state index is 12.8. The van der Waals surface area contributed by atoms with Crippen LogP contribution in [0.4, 0.5) is 0 Å². The molecule has 0 spiro atoms. The van der Waals surface area contributed by atoms with E-state index in [1.165, 1.54) is 29.5 Å². The quantitative estimate of drug-likeness (QED) is 0.581. The second-order valence-electron chi connectivity index (χ2n) is 7.37. The summed E-state index contributed by atoms with van der Waals surface area (Å²) >= 11 is 7.52. The zero-order valence-electron chi connectivity index (χ0n) is 16.1. The molecule has 10 heteroatoms. The summed E-state index contributed by atoms with van der Waals surface area (Å²) in [6, 6.07) is 11.2. The maximum Gasteiger partial charge on any atom is 0.279 e. The molecule has 2 aliphatic rings. The highest BCUT2D eigenvalue weighted by Gasteiger charge is 2.48. The number of carbonyl (C=O) groups excluding carboxylic acids is 2. The fraction of sp³-hybridized carbons (Fsp3) is 0.190. The van der Waals surface area contributed by atoms with Crippen LogP contribution in [0.1, 0.15) is 39.1 Å². The molecule has 2 amide bonds. The van der Waals surface area contributed by atoms with Gasteiger partial charge in [-0.2, -0.15) is 4.99 Å². The molecule has 2 heterocycles. The lowest BCUT2D eigenvalue weighted by atomic mass is 10.1. The minimum absolute atomic E-state index is 0.105. The number of fused-ring (bicyclic) bond motifs is 1. The van der Waals surface area contributed by atoms with Crippen LogP contribution in [0.5, 0.6) is 0 Å². The Morgan fingerprint density at radius 1 is 1.19 bits per heavy atom. The summed E-state index contributed by atoms with van der Waals surface area (Å²) in [5.41, 5.74) is 1.11. The molecule has 1 fully saturated rings. The molecule has 1 aromatic heterocycles. The van der Waals surface area contributed by atoms with Gasteiger partial charge in [0, 0.05) is 28.2 Å². The van der Waals surface area contributed by atoms with Gasteiger partial charge in [0.05, 0.1) is 12.1 Å². The summed E-state index contributed by atoms with van der Waals surface area (Å²) in [5.74, 6) is -1.10. The van der Waals surface area contributed by atoms with E-state index in [0.29, 0.717) is 29.2 Å². The van der Waals surface area contributed by atoms with Gasteiger partial charge >= 0.3 is 0 Å². The highest BCUT2D eigenvalue weighted by atomic mass is 35.5. The maximum absolute atomic E-state index is 12.8. The second-order valence-corrected chi connectivity index (χ2v) is 10.4. The molecule has 0 radical (unpaired) electrons. The van der Waals surface area contributed by atoms with Crippen molar-refractivity contribution in [3.63, 3.8) is 0 Å². The first-order chi connectivity index (χ1) is 14.9. The van der Waals surface area contributed by atoms with E-state index in [-0.39, 0.29) is 22.1 Å². The fourth-order valence-corrected chi connectivity index (χ4v) is 6.28. The molecule has 0 saturated heterocycles. The molecule has 7 nitrogen and oxygen atoms in total. The number of hydrogen-bond acceptors (Lipinski definition) is 5. The number of hydrogen-bond donors (Lipinski definition) is 0. The third-order valence-corrected chi connectivity index (χ3v) is 8.27. The van der Waals surface area contributed by atoms with Gasteiger partial charge in [0.15, 0.2) is 4.80 Å². The molecule has 5 rings (SSSR count). The summed E-state index contributed by atoms with van der Waals surface area (Å²) in [6.45, 7) is 0.443. The van der Waals surface area contributed by atoms with Crippen LogP contribution in [0.2, 0.25) is 5.02 Å². The molecule has 1 aliphatic carbocycles. The van der Waals surface area contributed by atoms with Crippen molar-refractivity contribution >= 4 is 44.8 Å². The van der Waals surface area contributed by atoms with Crippen molar-refractivity contribution in [2.45, 2.75) is 30.3 Å². The molecule has 0 bridgehead atoms. The van der Waals surface area contributed by atoms with E-state index in [2.05, 4.69) is 4.99 Å². The van der Waals surface area contributed by atoms with Gasteiger partial charge in [-0.3, -0.25) is 9.59 Å². The highest BCUT2D eigenvalue weighted by Crippen LogP contribution is 2.39. The van der Waals surface area contributed by atoms with Gasteiger partial charge < -0.3 is 4.57 Å². The second kappa shape index (κ2) is 7.44. The van der Waals surface area contributed by atoms with Crippen molar-refractivity contribution in [3.8, 4) is 0 Å². The monoisotopic (exact) mass is 473 g/mol.